The molecule has 1 saturated heterocycles. The third kappa shape index (κ3) is 3.88. The van der Waals surface area contributed by atoms with Gasteiger partial charge in [-0.15, -0.1) is 0 Å². The van der Waals surface area contributed by atoms with Crippen molar-refractivity contribution in [3.05, 3.63) is 53.9 Å². The molecule has 2 heterocycles. The zero-order valence-electron chi connectivity index (χ0n) is 13.6. The molecule has 1 aliphatic heterocycles. The van der Waals surface area contributed by atoms with Gasteiger partial charge in [0, 0.05) is 13.1 Å². The van der Waals surface area contributed by atoms with Crippen molar-refractivity contribution in [2.45, 2.75) is 19.3 Å². The SMILES string of the molecule is COc1ccc(CC2CCCN(C(=O)c3ncc(F)cn3)C2)cc1. The molecule has 1 aromatic heterocycles. The zero-order chi connectivity index (χ0) is 16.9. The lowest BCUT2D eigenvalue weighted by Gasteiger charge is -2.32. The van der Waals surface area contributed by atoms with E-state index in [4.69, 9.17) is 4.74 Å². The Hall–Kier alpha value is -2.50. The van der Waals surface area contributed by atoms with Gasteiger partial charge in [-0.05, 0) is 42.9 Å². The standard InChI is InChI=1S/C18H20FN3O2/c1-24-16-6-4-13(5-7-16)9-14-3-2-8-22(12-14)18(23)17-20-10-15(19)11-21-17/h4-7,10-11,14H,2-3,8-9,12H2,1H3. The van der Waals surface area contributed by atoms with Crippen LogP contribution >= 0.6 is 0 Å². The van der Waals surface area contributed by atoms with Crippen molar-refractivity contribution < 1.29 is 13.9 Å². The Morgan fingerprint density at radius 2 is 2.00 bits per heavy atom. The minimum atomic E-state index is -0.539. The first kappa shape index (κ1) is 16.4. The number of amides is 1. The molecule has 1 unspecified atom stereocenters. The van der Waals surface area contributed by atoms with E-state index < -0.39 is 5.82 Å². The molecule has 0 radical (unpaired) electrons. The average Bonchev–Trinajstić information content (AvgIpc) is 2.63. The van der Waals surface area contributed by atoms with E-state index >= 15 is 0 Å². The summed E-state index contributed by atoms with van der Waals surface area (Å²) in [5.74, 6) is 0.530. The molecule has 1 aromatic carbocycles. The lowest BCUT2D eigenvalue weighted by Crippen LogP contribution is -2.41. The van der Waals surface area contributed by atoms with Crippen LogP contribution in [0.3, 0.4) is 0 Å². The van der Waals surface area contributed by atoms with Gasteiger partial charge in [-0.25, -0.2) is 14.4 Å². The normalized spacial score (nSPS) is 17.6. The minimum Gasteiger partial charge on any atom is -0.497 e. The fourth-order valence-electron chi connectivity index (χ4n) is 3.08. The van der Waals surface area contributed by atoms with Crippen LogP contribution in [0.15, 0.2) is 36.7 Å². The highest BCUT2D eigenvalue weighted by molar-refractivity contribution is 5.90. The molecule has 0 bridgehead atoms. The van der Waals surface area contributed by atoms with E-state index in [0.29, 0.717) is 19.0 Å². The van der Waals surface area contributed by atoms with Crippen molar-refractivity contribution in [2.75, 3.05) is 20.2 Å². The quantitative estimate of drug-likeness (QED) is 0.865. The number of piperidine rings is 1. The van der Waals surface area contributed by atoms with Gasteiger partial charge in [0.1, 0.15) is 5.75 Å². The Balaban J connectivity index is 1.63. The lowest BCUT2D eigenvalue weighted by atomic mass is 9.91. The molecular weight excluding hydrogens is 309 g/mol. The van der Waals surface area contributed by atoms with E-state index in [1.807, 2.05) is 12.1 Å². The Kier molecular flexibility index (Phi) is 5.03. The predicted molar refractivity (Wildman–Crippen MR) is 87.3 cm³/mol. The second kappa shape index (κ2) is 7.38. The molecule has 1 aliphatic rings. The van der Waals surface area contributed by atoms with Crippen LogP contribution in [0.1, 0.15) is 29.0 Å². The highest BCUT2D eigenvalue weighted by Gasteiger charge is 2.26. The maximum Gasteiger partial charge on any atom is 0.291 e. The summed E-state index contributed by atoms with van der Waals surface area (Å²) in [5.41, 5.74) is 1.23. The largest absolute Gasteiger partial charge is 0.497 e. The molecule has 3 rings (SSSR count). The summed E-state index contributed by atoms with van der Waals surface area (Å²) in [5, 5.41) is 0. The van der Waals surface area contributed by atoms with Gasteiger partial charge in [0.05, 0.1) is 19.5 Å². The molecule has 0 saturated carbocycles. The Morgan fingerprint density at radius 3 is 2.67 bits per heavy atom. The van der Waals surface area contributed by atoms with Gasteiger partial charge in [0.15, 0.2) is 5.82 Å². The Labute approximate surface area is 140 Å². The number of methoxy groups -OCH3 is 1. The number of ether oxygens (including phenoxy) is 1. The molecule has 6 heteroatoms. The van der Waals surface area contributed by atoms with E-state index in [1.54, 1.807) is 12.0 Å². The summed E-state index contributed by atoms with van der Waals surface area (Å²) in [6.07, 6.45) is 5.00. The summed E-state index contributed by atoms with van der Waals surface area (Å²) in [7, 11) is 1.65. The zero-order valence-corrected chi connectivity index (χ0v) is 13.6. The van der Waals surface area contributed by atoms with Gasteiger partial charge in [-0.3, -0.25) is 4.79 Å². The number of likely N-dealkylation sites (tertiary alicyclic amines) is 1. The van der Waals surface area contributed by atoms with Crippen LogP contribution in [0.25, 0.3) is 0 Å². The highest BCUT2D eigenvalue weighted by Crippen LogP contribution is 2.23. The van der Waals surface area contributed by atoms with Crippen molar-refractivity contribution in [1.82, 2.24) is 14.9 Å². The van der Waals surface area contributed by atoms with Gasteiger partial charge in [0.25, 0.3) is 5.91 Å². The summed E-state index contributed by atoms with van der Waals surface area (Å²) >= 11 is 0. The second-order valence-corrected chi connectivity index (χ2v) is 6.04. The summed E-state index contributed by atoms with van der Waals surface area (Å²) in [6, 6.07) is 8.02. The number of hydrogen-bond donors (Lipinski definition) is 0. The minimum absolute atomic E-state index is 0.0569. The number of hydrogen-bond acceptors (Lipinski definition) is 4. The van der Waals surface area contributed by atoms with Gasteiger partial charge < -0.3 is 9.64 Å². The topological polar surface area (TPSA) is 55.3 Å². The smallest absolute Gasteiger partial charge is 0.291 e. The van der Waals surface area contributed by atoms with Gasteiger partial charge in [-0.1, -0.05) is 12.1 Å². The average molecular weight is 329 g/mol. The molecule has 0 N–H and O–H groups in total. The first-order chi connectivity index (χ1) is 11.7. The molecule has 0 aliphatic carbocycles. The van der Waals surface area contributed by atoms with Crippen molar-refractivity contribution >= 4 is 5.91 Å². The van der Waals surface area contributed by atoms with E-state index in [2.05, 4.69) is 22.1 Å². The number of carbonyl (C=O) groups is 1. The summed E-state index contributed by atoms with van der Waals surface area (Å²) < 4.78 is 18.1. The third-order valence-electron chi connectivity index (χ3n) is 4.30. The van der Waals surface area contributed by atoms with Crippen LogP contribution in [-0.4, -0.2) is 41.0 Å². The first-order valence-corrected chi connectivity index (χ1v) is 8.05. The van der Waals surface area contributed by atoms with Crippen molar-refractivity contribution in [1.29, 1.82) is 0 Å². The van der Waals surface area contributed by atoms with E-state index in [-0.39, 0.29) is 11.7 Å². The molecule has 5 nitrogen and oxygen atoms in total. The van der Waals surface area contributed by atoms with Crippen molar-refractivity contribution in [3.8, 4) is 5.75 Å². The third-order valence-corrected chi connectivity index (χ3v) is 4.30. The van der Waals surface area contributed by atoms with E-state index in [9.17, 15) is 9.18 Å². The van der Waals surface area contributed by atoms with Crippen LogP contribution < -0.4 is 4.74 Å². The van der Waals surface area contributed by atoms with Crippen LogP contribution in [0.2, 0.25) is 0 Å². The molecule has 126 valence electrons. The number of halogens is 1. The maximum absolute atomic E-state index is 12.9. The highest BCUT2D eigenvalue weighted by atomic mass is 19.1. The number of benzene rings is 1. The Morgan fingerprint density at radius 1 is 1.29 bits per heavy atom. The Bertz CT molecular complexity index is 688. The molecule has 0 spiro atoms. The van der Waals surface area contributed by atoms with E-state index in [1.165, 1.54) is 5.56 Å². The molecular formula is C18H20FN3O2. The first-order valence-electron chi connectivity index (χ1n) is 8.05. The molecule has 2 aromatic rings. The molecule has 24 heavy (non-hydrogen) atoms. The number of nitrogens with zero attached hydrogens (tertiary/aromatic N) is 3. The van der Waals surface area contributed by atoms with Crippen molar-refractivity contribution in [3.63, 3.8) is 0 Å². The van der Waals surface area contributed by atoms with E-state index in [0.717, 1.165) is 37.4 Å². The van der Waals surface area contributed by atoms with Gasteiger partial charge >= 0.3 is 0 Å². The van der Waals surface area contributed by atoms with Crippen LogP contribution in [-0.2, 0) is 6.42 Å². The monoisotopic (exact) mass is 329 g/mol. The fraction of sp³-hybridized carbons (Fsp3) is 0.389. The van der Waals surface area contributed by atoms with Crippen LogP contribution in [0, 0.1) is 11.7 Å². The van der Waals surface area contributed by atoms with Crippen LogP contribution in [0.5, 0.6) is 5.75 Å². The molecule has 1 atom stereocenters. The summed E-state index contributed by atoms with van der Waals surface area (Å²) in [4.78, 5) is 21.8. The number of carbonyl (C=O) groups excluding carboxylic acids is 1. The molecule has 1 fully saturated rings. The number of rotatable bonds is 4. The predicted octanol–water partition coefficient (Wildman–Crippen LogP) is 2.72. The second-order valence-electron chi connectivity index (χ2n) is 6.04. The summed E-state index contributed by atoms with van der Waals surface area (Å²) in [6.45, 7) is 1.37. The van der Waals surface area contributed by atoms with Gasteiger partial charge in [0.2, 0.25) is 5.82 Å². The van der Waals surface area contributed by atoms with Gasteiger partial charge in [-0.2, -0.15) is 0 Å². The number of aromatic nitrogens is 2. The maximum atomic E-state index is 12.9. The van der Waals surface area contributed by atoms with Crippen molar-refractivity contribution in [2.24, 2.45) is 5.92 Å². The lowest BCUT2D eigenvalue weighted by molar-refractivity contribution is 0.0660. The fourth-order valence-corrected chi connectivity index (χ4v) is 3.08. The molecule has 1 amide bonds. The van der Waals surface area contributed by atoms with Crippen LogP contribution in [0.4, 0.5) is 4.39 Å².